The number of nitrogens with zero attached hydrogens (tertiary/aromatic N) is 1. The fourth-order valence-electron chi connectivity index (χ4n) is 4.13. The first kappa shape index (κ1) is 24.2. The SMILES string of the molecule is COc1ccc(C(=O)[C@H](OC(=O)c2cc(-c3ccccc3Cl)nc3ccccc23)c2ccccc2)cc1. The minimum Gasteiger partial charge on any atom is -0.497 e. The summed E-state index contributed by atoms with van der Waals surface area (Å²) in [5.41, 5.74) is 3.11. The lowest BCUT2D eigenvalue weighted by Gasteiger charge is -2.19. The first-order chi connectivity index (χ1) is 18.0. The van der Waals surface area contributed by atoms with E-state index < -0.39 is 12.1 Å². The molecular weight excluding hydrogens is 486 g/mol. The normalized spacial score (nSPS) is 11.6. The molecule has 0 aliphatic carbocycles. The smallest absolute Gasteiger partial charge is 0.339 e. The third-order valence-electron chi connectivity index (χ3n) is 6.03. The Labute approximate surface area is 219 Å². The Hall–Kier alpha value is -4.48. The molecule has 0 aliphatic rings. The standard InChI is InChI=1S/C31H22ClNO4/c1-36-22-17-15-20(16-18-22)29(34)30(21-9-3-2-4-10-21)37-31(35)25-19-28(24-12-5-7-13-26(24)32)33-27-14-8-6-11-23(25)27/h2-19,30H,1H3/t30-/m1/s1. The van der Waals surface area contributed by atoms with E-state index in [0.29, 0.717) is 49.6 Å². The number of methoxy groups -OCH3 is 1. The van der Waals surface area contributed by atoms with Crippen molar-refractivity contribution in [3.8, 4) is 17.0 Å². The summed E-state index contributed by atoms with van der Waals surface area (Å²) in [7, 11) is 1.56. The maximum absolute atomic E-state index is 13.7. The van der Waals surface area contributed by atoms with Gasteiger partial charge >= 0.3 is 5.97 Å². The van der Waals surface area contributed by atoms with Gasteiger partial charge in [0.2, 0.25) is 5.78 Å². The molecule has 0 radical (unpaired) electrons. The van der Waals surface area contributed by atoms with E-state index in [2.05, 4.69) is 0 Å². The maximum Gasteiger partial charge on any atom is 0.339 e. The van der Waals surface area contributed by atoms with E-state index >= 15 is 0 Å². The molecule has 0 spiro atoms. The van der Waals surface area contributed by atoms with Gasteiger partial charge in [0.25, 0.3) is 0 Å². The van der Waals surface area contributed by atoms with Crippen molar-refractivity contribution < 1.29 is 19.1 Å². The van der Waals surface area contributed by atoms with Gasteiger partial charge in [-0.3, -0.25) is 4.79 Å². The molecule has 0 N–H and O–H groups in total. The second kappa shape index (κ2) is 10.6. The van der Waals surface area contributed by atoms with Gasteiger partial charge in [0.15, 0.2) is 6.10 Å². The number of rotatable bonds is 7. The minimum absolute atomic E-state index is 0.295. The predicted molar refractivity (Wildman–Crippen MR) is 144 cm³/mol. The first-order valence-corrected chi connectivity index (χ1v) is 12.0. The lowest BCUT2D eigenvalue weighted by Crippen LogP contribution is -2.20. The minimum atomic E-state index is -1.14. The molecule has 0 amide bonds. The molecule has 0 saturated carbocycles. The Kier molecular flexibility index (Phi) is 6.97. The molecule has 182 valence electrons. The van der Waals surface area contributed by atoms with Crippen LogP contribution in [-0.4, -0.2) is 23.8 Å². The third-order valence-corrected chi connectivity index (χ3v) is 6.36. The number of aromatic nitrogens is 1. The van der Waals surface area contributed by atoms with Crippen LogP contribution in [0, 0.1) is 0 Å². The fraction of sp³-hybridized carbons (Fsp3) is 0.0645. The van der Waals surface area contributed by atoms with Gasteiger partial charge in [-0.2, -0.15) is 0 Å². The monoisotopic (exact) mass is 507 g/mol. The number of fused-ring (bicyclic) bond motifs is 1. The van der Waals surface area contributed by atoms with Gasteiger partial charge in [0, 0.05) is 27.1 Å². The number of pyridine rings is 1. The number of hydrogen-bond donors (Lipinski definition) is 0. The van der Waals surface area contributed by atoms with Gasteiger partial charge in [0.05, 0.1) is 23.9 Å². The van der Waals surface area contributed by atoms with Crippen molar-refractivity contribution in [2.45, 2.75) is 6.10 Å². The number of Topliss-reactive ketones (excluding diaryl/α,β-unsaturated/α-hetero) is 1. The Balaban J connectivity index is 1.57. The zero-order chi connectivity index (χ0) is 25.8. The molecule has 6 heteroatoms. The number of para-hydroxylation sites is 1. The van der Waals surface area contributed by atoms with E-state index in [1.165, 1.54) is 0 Å². The molecule has 0 saturated heterocycles. The highest BCUT2D eigenvalue weighted by Gasteiger charge is 2.28. The summed E-state index contributed by atoms with van der Waals surface area (Å²) in [6, 6.07) is 31.9. The molecule has 0 aliphatic heterocycles. The van der Waals surface area contributed by atoms with E-state index in [9.17, 15) is 9.59 Å². The molecule has 1 aromatic heterocycles. The number of ketones is 1. The van der Waals surface area contributed by atoms with Gasteiger partial charge in [-0.25, -0.2) is 9.78 Å². The van der Waals surface area contributed by atoms with Crippen molar-refractivity contribution in [1.82, 2.24) is 4.98 Å². The molecular formula is C31H22ClNO4. The van der Waals surface area contributed by atoms with Crippen LogP contribution >= 0.6 is 11.6 Å². The molecule has 5 nitrogen and oxygen atoms in total. The summed E-state index contributed by atoms with van der Waals surface area (Å²) in [4.78, 5) is 32.0. The summed E-state index contributed by atoms with van der Waals surface area (Å²) >= 11 is 6.43. The highest BCUT2D eigenvalue weighted by molar-refractivity contribution is 6.33. The van der Waals surface area contributed by atoms with Gasteiger partial charge in [-0.05, 0) is 42.5 Å². The first-order valence-electron chi connectivity index (χ1n) is 11.6. The second-order valence-electron chi connectivity index (χ2n) is 8.34. The van der Waals surface area contributed by atoms with Crippen molar-refractivity contribution in [1.29, 1.82) is 0 Å². The van der Waals surface area contributed by atoms with Crippen LogP contribution in [0.3, 0.4) is 0 Å². The third kappa shape index (κ3) is 5.08. The Morgan fingerprint density at radius 2 is 1.49 bits per heavy atom. The summed E-state index contributed by atoms with van der Waals surface area (Å²) in [5, 5.41) is 1.13. The molecule has 0 unspecified atom stereocenters. The average Bonchev–Trinajstić information content (AvgIpc) is 2.95. The van der Waals surface area contributed by atoms with Gasteiger partial charge in [-0.15, -0.1) is 0 Å². The Morgan fingerprint density at radius 1 is 0.811 bits per heavy atom. The van der Waals surface area contributed by atoms with Crippen LogP contribution in [0.1, 0.15) is 32.4 Å². The fourth-order valence-corrected chi connectivity index (χ4v) is 4.36. The number of carbonyl (C=O) groups is 2. The topological polar surface area (TPSA) is 65.5 Å². The van der Waals surface area contributed by atoms with Crippen LogP contribution in [0.15, 0.2) is 109 Å². The maximum atomic E-state index is 13.7. The van der Waals surface area contributed by atoms with Crippen LogP contribution < -0.4 is 4.74 Å². The van der Waals surface area contributed by atoms with Crippen LogP contribution in [0.4, 0.5) is 0 Å². The van der Waals surface area contributed by atoms with E-state index in [1.54, 1.807) is 73.8 Å². The second-order valence-corrected chi connectivity index (χ2v) is 8.75. The Morgan fingerprint density at radius 3 is 2.22 bits per heavy atom. The molecule has 1 atom stereocenters. The van der Waals surface area contributed by atoms with Crippen molar-refractivity contribution in [2.75, 3.05) is 7.11 Å². The number of hydrogen-bond acceptors (Lipinski definition) is 5. The van der Waals surface area contributed by atoms with Crippen molar-refractivity contribution in [3.63, 3.8) is 0 Å². The lowest BCUT2D eigenvalue weighted by molar-refractivity contribution is 0.0282. The predicted octanol–water partition coefficient (Wildman–Crippen LogP) is 7.34. The van der Waals surface area contributed by atoms with E-state index in [0.717, 1.165) is 0 Å². The number of halogens is 1. The number of ether oxygens (including phenoxy) is 2. The van der Waals surface area contributed by atoms with Crippen LogP contribution in [-0.2, 0) is 4.74 Å². The van der Waals surface area contributed by atoms with E-state index in [4.69, 9.17) is 26.1 Å². The van der Waals surface area contributed by atoms with Gasteiger partial charge < -0.3 is 9.47 Å². The molecule has 37 heavy (non-hydrogen) atoms. The number of esters is 1. The molecule has 5 rings (SSSR count). The quantitative estimate of drug-likeness (QED) is 0.170. The summed E-state index contributed by atoms with van der Waals surface area (Å²) in [6.45, 7) is 0. The average molecular weight is 508 g/mol. The molecule has 1 heterocycles. The molecule has 4 aromatic carbocycles. The highest BCUT2D eigenvalue weighted by Crippen LogP contribution is 2.32. The van der Waals surface area contributed by atoms with Crippen molar-refractivity contribution in [2.24, 2.45) is 0 Å². The highest BCUT2D eigenvalue weighted by atomic mass is 35.5. The van der Waals surface area contributed by atoms with Gasteiger partial charge in [-0.1, -0.05) is 78.3 Å². The van der Waals surface area contributed by atoms with E-state index in [1.807, 2.05) is 42.5 Å². The van der Waals surface area contributed by atoms with Gasteiger partial charge in [0.1, 0.15) is 5.75 Å². The largest absolute Gasteiger partial charge is 0.497 e. The van der Waals surface area contributed by atoms with Crippen molar-refractivity contribution in [3.05, 3.63) is 131 Å². The zero-order valence-electron chi connectivity index (χ0n) is 19.9. The lowest BCUT2D eigenvalue weighted by atomic mass is 9.99. The summed E-state index contributed by atoms with van der Waals surface area (Å²) < 4.78 is 11.1. The van der Waals surface area contributed by atoms with Crippen LogP contribution in [0.5, 0.6) is 5.75 Å². The number of benzene rings is 4. The van der Waals surface area contributed by atoms with Crippen LogP contribution in [0.2, 0.25) is 5.02 Å². The number of carbonyl (C=O) groups excluding carboxylic acids is 2. The van der Waals surface area contributed by atoms with E-state index in [-0.39, 0.29) is 5.78 Å². The molecule has 0 bridgehead atoms. The zero-order valence-corrected chi connectivity index (χ0v) is 20.7. The van der Waals surface area contributed by atoms with Crippen LogP contribution in [0.25, 0.3) is 22.2 Å². The summed E-state index contributed by atoms with van der Waals surface area (Å²) in [5.74, 6) is -0.352. The Bertz CT molecular complexity index is 1580. The summed E-state index contributed by atoms with van der Waals surface area (Å²) in [6.07, 6.45) is -1.14. The van der Waals surface area contributed by atoms with Crippen molar-refractivity contribution >= 4 is 34.3 Å². The molecule has 0 fully saturated rings. The molecule has 5 aromatic rings.